The molecule has 29 heavy (non-hydrogen) atoms. The summed E-state index contributed by atoms with van der Waals surface area (Å²) in [5, 5.41) is 6.03. The molecule has 8 heteroatoms. The van der Waals surface area contributed by atoms with Crippen LogP contribution in [0.2, 0.25) is 0 Å². The number of amides is 1. The Kier molecular flexibility index (Phi) is 6.66. The predicted molar refractivity (Wildman–Crippen MR) is 110 cm³/mol. The molecule has 1 heterocycles. The molecule has 5 nitrogen and oxygen atoms in total. The van der Waals surface area contributed by atoms with Crippen LogP contribution in [0.5, 0.6) is 0 Å². The lowest BCUT2D eigenvalue weighted by Crippen LogP contribution is -2.46. The molecule has 0 saturated heterocycles. The highest BCUT2D eigenvalue weighted by molar-refractivity contribution is 8.15. The third-order valence-corrected chi connectivity index (χ3v) is 6.26. The molecule has 1 aliphatic rings. The number of nitrogens with zero attached hydrogens (tertiary/aromatic N) is 2. The van der Waals surface area contributed by atoms with E-state index >= 15 is 0 Å². The Morgan fingerprint density at radius 3 is 2.66 bits per heavy atom. The summed E-state index contributed by atoms with van der Waals surface area (Å²) >= 11 is 1.23. The first-order valence-electron chi connectivity index (χ1n) is 9.28. The van der Waals surface area contributed by atoms with Gasteiger partial charge in [-0.2, -0.15) is 5.10 Å². The van der Waals surface area contributed by atoms with Crippen molar-refractivity contribution in [2.45, 2.75) is 30.7 Å². The number of carbonyl (C=O) groups is 1. The van der Waals surface area contributed by atoms with Gasteiger partial charge in [0.05, 0.1) is 0 Å². The molecule has 2 atom stereocenters. The fraction of sp³-hybridized carbons (Fsp3) is 0.333. The molecule has 3 rings (SSSR count). The molecule has 0 spiro atoms. The number of nitrogens with two attached hydrogens (primary N) is 1. The predicted octanol–water partition coefficient (Wildman–Crippen LogP) is 3.83. The summed E-state index contributed by atoms with van der Waals surface area (Å²) < 4.78 is 33.5. The van der Waals surface area contributed by atoms with Crippen molar-refractivity contribution in [2.75, 3.05) is 13.7 Å². The van der Waals surface area contributed by atoms with E-state index in [0.29, 0.717) is 19.4 Å². The number of ether oxygens (including phenoxy) is 1. The van der Waals surface area contributed by atoms with E-state index in [-0.39, 0.29) is 16.5 Å². The molecule has 1 unspecified atom stereocenters. The van der Waals surface area contributed by atoms with Crippen molar-refractivity contribution >= 4 is 22.7 Å². The smallest absolute Gasteiger partial charge is 0.273 e. The third kappa shape index (κ3) is 4.19. The Morgan fingerprint density at radius 1 is 1.28 bits per heavy atom. The molecule has 0 bridgehead atoms. The fourth-order valence-electron chi connectivity index (χ4n) is 3.19. The second-order valence-electron chi connectivity index (χ2n) is 6.70. The van der Waals surface area contributed by atoms with E-state index in [0.717, 1.165) is 23.8 Å². The van der Waals surface area contributed by atoms with Crippen molar-refractivity contribution in [1.82, 2.24) is 5.01 Å². The Labute approximate surface area is 172 Å². The lowest BCUT2D eigenvalue weighted by molar-refractivity contribution is -0.144. The van der Waals surface area contributed by atoms with Crippen LogP contribution < -0.4 is 5.73 Å². The van der Waals surface area contributed by atoms with Gasteiger partial charge in [-0.3, -0.25) is 4.79 Å². The summed E-state index contributed by atoms with van der Waals surface area (Å²) in [6.45, 7) is 2.04. The van der Waals surface area contributed by atoms with E-state index in [9.17, 15) is 13.6 Å². The molecule has 1 amide bonds. The molecular weight excluding hydrogens is 396 g/mol. The average Bonchev–Trinajstić information content (AvgIpc) is 3.14. The van der Waals surface area contributed by atoms with Crippen LogP contribution in [-0.4, -0.2) is 35.7 Å². The SMILES string of the molecule is CO[C@@H](C)C(=O)N1N=C(c2cc(F)ccc2F)SC1(CCCN)c1ccccc1. The van der Waals surface area contributed by atoms with Crippen LogP contribution in [-0.2, 0) is 14.4 Å². The topological polar surface area (TPSA) is 67.9 Å². The molecule has 0 saturated carbocycles. The van der Waals surface area contributed by atoms with E-state index in [1.165, 1.54) is 23.9 Å². The van der Waals surface area contributed by atoms with Gasteiger partial charge in [0.1, 0.15) is 27.7 Å². The molecule has 0 fully saturated rings. The van der Waals surface area contributed by atoms with Crippen molar-refractivity contribution in [3.63, 3.8) is 0 Å². The summed E-state index contributed by atoms with van der Waals surface area (Å²) in [6.07, 6.45) is 0.350. The summed E-state index contributed by atoms with van der Waals surface area (Å²) in [7, 11) is 1.44. The largest absolute Gasteiger partial charge is 0.372 e. The van der Waals surface area contributed by atoms with Crippen LogP contribution in [0, 0.1) is 11.6 Å². The van der Waals surface area contributed by atoms with Crippen molar-refractivity contribution in [2.24, 2.45) is 10.8 Å². The first-order valence-corrected chi connectivity index (χ1v) is 10.1. The molecule has 1 aliphatic heterocycles. The molecule has 2 aromatic carbocycles. The summed E-state index contributed by atoms with van der Waals surface area (Å²) in [6, 6.07) is 12.6. The van der Waals surface area contributed by atoms with Crippen LogP contribution in [0.4, 0.5) is 8.78 Å². The van der Waals surface area contributed by atoms with Crippen molar-refractivity contribution < 1.29 is 18.3 Å². The molecule has 0 aromatic heterocycles. The van der Waals surface area contributed by atoms with Gasteiger partial charge in [-0.15, -0.1) is 0 Å². The number of benzene rings is 2. The average molecular weight is 419 g/mol. The maximum atomic E-state index is 14.5. The second-order valence-corrected chi connectivity index (χ2v) is 7.97. The zero-order valence-electron chi connectivity index (χ0n) is 16.3. The third-order valence-electron chi connectivity index (χ3n) is 4.81. The van der Waals surface area contributed by atoms with Crippen LogP contribution in [0.25, 0.3) is 0 Å². The van der Waals surface area contributed by atoms with Crippen LogP contribution >= 0.6 is 11.8 Å². The minimum absolute atomic E-state index is 0.0171. The van der Waals surface area contributed by atoms with Gasteiger partial charge in [-0.05, 0) is 50.1 Å². The Hall–Kier alpha value is -2.29. The summed E-state index contributed by atoms with van der Waals surface area (Å²) in [4.78, 5) is 12.2. The van der Waals surface area contributed by atoms with E-state index in [1.807, 2.05) is 30.3 Å². The number of hydrogen-bond acceptors (Lipinski definition) is 5. The molecule has 154 valence electrons. The van der Waals surface area contributed by atoms with Gasteiger partial charge in [-0.1, -0.05) is 42.1 Å². The van der Waals surface area contributed by atoms with E-state index in [1.54, 1.807) is 6.92 Å². The van der Waals surface area contributed by atoms with E-state index < -0.39 is 22.6 Å². The second kappa shape index (κ2) is 9.02. The van der Waals surface area contributed by atoms with E-state index in [4.69, 9.17) is 10.5 Å². The van der Waals surface area contributed by atoms with Crippen LogP contribution in [0.1, 0.15) is 30.9 Å². The zero-order chi connectivity index (χ0) is 21.0. The number of halogens is 2. The first-order chi connectivity index (χ1) is 13.9. The lowest BCUT2D eigenvalue weighted by atomic mass is 10.00. The Bertz CT molecular complexity index is 910. The van der Waals surface area contributed by atoms with Gasteiger partial charge in [0.15, 0.2) is 0 Å². The summed E-state index contributed by atoms with van der Waals surface area (Å²) in [5.74, 6) is -1.55. The number of thioether (sulfide) groups is 1. The van der Waals surface area contributed by atoms with Crippen LogP contribution in [0.15, 0.2) is 53.6 Å². The quantitative estimate of drug-likeness (QED) is 0.741. The highest BCUT2D eigenvalue weighted by atomic mass is 32.2. The molecule has 0 radical (unpaired) electrons. The minimum Gasteiger partial charge on any atom is -0.372 e. The lowest BCUT2D eigenvalue weighted by Gasteiger charge is -2.36. The van der Waals surface area contributed by atoms with E-state index in [2.05, 4.69) is 5.10 Å². The molecule has 2 N–H and O–H groups in total. The molecule has 0 aliphatic carbocycles. The fourth-order valence-corrected chi connectivity index (χ4v) is 4.61. The maximum absolute atomic E-state index is 14.5. The monoisotopic (exact) mass is 419 g/mol. The van der Waals surface area contributed by atoms with Gasteiger partial charge in [0.2, 0.25) is 0 Å². The normalized spacial score (nSPS) is 19.9. The highest BCUT2D eigenvalue weighted by Gasteiger charge is 2.49. The number of carbonyl (C=O) groups excluding carboxylic acids is 1. The maximum Gasteiger partial charge on any atom is 0.273 e. The molecule has 2 aromatic rings. The number of hydrazone groups is 1. The minimum atomic E-state index is -0.932. The van der Waals surface area contributed by atoms with Crippen LogP contribution in [0.3, 0.4) is 0 Å². The van der Waals surface area contributed by atoms with Gasteiger partial charge < -0.3 is 10.5 Å². The van der Waals surface area contributed by atoms with Crippen molar-refractivity contribution in [1.29, 1.82) is 0 Å². The number of hydrogen-bond donors (Lipinski definition) is 1. The standard InChI is InChI=1S/C21H23F2N3O2S/c1-14(28-2)20(27)26-21(11-6-12-24,15-7-4-3-5-8-15)29-19(25-26)17-13-16(22)9-10-18(17)23/h3-5,7-10,13-14H,6,11-12,24H2,1-2H3/t14-,21?/m0/s1. The Balaban J connectivity index is 2.15. The highest BCUT2D eigenvalue weighted by Crippen LogP contribution is 2.50. The molecular formula is C21H23F2N3O2S. The van der Waals surface area contributed by atoms with Crippen molar-refractivity contribution in [3.8, 4) is 0 Å². The van der Waals surface area contributed by atoms with Gasteiger partial charge in [0.25, 0.3) is 5.91 Å². The van der Waals surface area contributed by atoms with Gasteiger partial charge >= 0.3 is 0 Å². The zero-order valence-corrected chi connectivity index (χ0v) is 17.1. The Morgan fingerprint density at radius 2 is 2.00 bits per heavy atom. The first kappa shape index (κ1) is 21.4. The van der Waals surface area contributed by atoms with Gasteiger partial charge in [0, 0.05) is 12.7 Å². The van der Waals surface area contributed by atoms with Crippen molar-refractivity contribution in [3.05, 3.63) is 71.3 Å². The summed E-state index contributed by atoms with van der Waals surface area (Å²) in [5.41, 5.74) is 6.60. The van der Waals surface area contributed by atoms with Gasteiger partial charge in [-0.25, -0.2) is 13.8 Å². The number of methoxy groups -OCH3 is 1. The number of rotatable bonds is 7.